The van der Waals surface area contributed by atoms with Gasteiger partial charge in [0.1, 0.15) is 0 Å². The van der Waals surface area contributed by atoms with Crippen LogP contribution in [0.25, 0.3) is 0 Å². The highest BCUT2D eigenvalue weighted by Gasteiger charge is 2.43. The number of hydrogen-bond donors (Lipinski definition) is 1. The maximum Gasteiger partial charge on any atom is 0.501 e. The van der Waals surface area contributed by atoms with E-state index in [4.69, 9.17) is 13.3 Å². The quantitative estimate of drug-likeness (QED) is 0.663. The Morgan fingerprint density at radius 2 is 1.37 bits per heavy atom. The van der Waals surface area contributed by atoms with Crippen LogP contribution in [0.15, 0.2) is 0 Å². The van der Waals surface area contributed by atoms with E-state index in [0.717, 1.165) is 38.1 Å². The molecule has 0 aromatic heterocycles. The van der Waals surface area contributed by atoms with Gasteiger partial charge in [0, 0.05) is 25.9 Å². The Balaban J connectivity index is 2.59. The maximum absolute atomic E-state index is 10.6. The number of aliphatic hydroxyl groups is 1. The summed E-state index contributed by atoms with van der Waals surface area (Å²) in [5, 5.41) is 10.6. The summed E-state index contributed by atoms with van der Waals surface area (Å²) in [6, 6.07) is 0.721. The van der Waals surface area contributed by atoms with Crippen molar-refractivity contribution < 1.29 is 18.4 Å². The molecule has 0 aliphatic heterocycles. The van der Waals surface area contributed by atoms with E-state index in [1.54, 1.807) is 0 Å². The van der Waals surface area contributed by atoms with Gasteiger partial charge < -0.3 is 18.4 Å². The second kappa shape index (κ2) is 8.37. The third-order valence-corrected chi connectivity index (χ3v) is 6.82. The third-order valence-electron chi connectivity index (χ3n) is 3.77. The summed E-state index contributed by atoms with van der Waals surface area (Å²) in [5.41, 5.74) is -0.526. The van der Waals surface area contributed by atoms with Crippen LogP contribution in [0.5, 0.6) is 0 Å². The van der Waals surface area contributed by atoms with Crippen LogP contribution in [0, 0.1) is 0 Å². The van der Waals surface area contributed by atoms with Crippen LogP contribution < -0.4 is 0 Å². The standard InChI is InChI=1S/C14H30O4Si/c1-4-16-19(17-5-2,18-6-3)13-12-14(15)10-8-7-9-11-14/h15H,4-13H2,1-3H3. The fourth-order valence-electron chi connectivity index (χ4n) is 2.85. The fourth-order valence-corrected chi connectivity index (χ4v) is 5.62. The predicted octanol–water partition coefficient (Wildman–Crippen LogP) is 3.12. The lowest BCUT2D eigenvalue weighted by atomic mass is 9.83. The average Bonchev–Trinajstić information content (AvgIpc) is 2.39. The van der Waals surface area contributed by atoms with E-state index in [2.05, 4.69) is 0 Å². The van der Waals surface area contributed by atoms with Gasteiger partial charge in [0.15, 0.2) is 0 Å². The molecule has 0 aromatic rings. The van der Waals surface area contributed by atoms with Gasteiger partial charge in [-0.25, -0.2) is 0 Å². The van der Waals surface area contributed by atoms with Crippen LogP contribution in [0.1, 0.15) is 59.3 Å². The zero-order chi connectivity index (χ0) is 14.2. The Morgan fingerprint density at radius 3 is 1.79 bits per heavy atom. The van der Waals surface area contributed by atoms with Crippen LogP contribution in [0.2, 0.25) is 6.04 Å². The molecule has 1 saturated carbocycles. The molecule has 0 atom stereocenters. The molecular formula is C14H30O4Si. The fraction of sp³-hybridized carbons (Fsp3) is 1.00. The van der Waals surface area contributed by atoms with Crippen molar-refractivity contribution in [1.82, 2.24) is 0 Å². The van der Waals surface area contributed by atoms with E-state index in [-0.39, 0.29) is 0 Å². The van der Waals surface area contributed by atoms with E-state index in [1.807, 2.05) is 20.8 Å². The Morgan fingerprint density at radius 1 is 0.895 bits per heavy atom. The molecule has 19 heavy (non-hydrogen) atoms. The molecule has 0 aromatic carbocycles. The summed E-state index contributed by atoms with van der Waals surface area (Å²) in [4.78, 5) is 0. The monoisotopic (exact) mass is 290 g/mol. The van der Waals surface area contributed by atoms with Crippen LogP contribution in [0.4, 0.5) is 0 Å². The summed E-state index contributed by atoms with van der Waals surface area (Å²) in [6.45, 7) is 7.71. The molecule has 4 nitrogen and oxygen atoms in total. The highest BCUT2D eigenvalue weighted by atomic mass is 28.4. The van der Waals surface area contributed by atoms with E-state index in [1.165, 1.54) is 6.42 Å². The normalized spacial score (nSPS) is 19.6. The molecule has 114 valence electrons. The summed E-state index contributed by atoms with van der Waals surface area (Å²) < 4.78 is 17.5. The molecule has 1 N–H and O–H groups in total. The summed E-state index contributed by atoms with van der Waals surface area (Å²) in [7, 11) is -2.59. The molecular weight excluding hydrogens is 260 g/mol. The summed E-state index contributed by atoms with van der Waals surface area (Å²) >= 11 is 0. The molecule has 1 rings (SSSR count). The van der Waals surface area contributed by atoms with E-state index < -0.39 is 14.4 Å². The van der Waals surface area contributed by atoms with Crippen molar-refractivity contribution in [3.8, 4) is 0 Å². The molecule has 0 spiro atoms. The minimum Gasteiger partial charge on any atom is -0.390 e. The van der Waals surface area contributed by atoms with Gasteiger partial charge in [0.2, 0.25) is 0 Å². The lowest BCUT2D eigenvalue weighted by Gasteiger charge is -2.35. The maximum atomic E-state index is 10.6. The molecule has 0 heterocycles. The van der Waals surface area contributed by atoms with Crippen molar-refractivity contribution in [2.24, 2.45) is 0 Å². The zero-order valence-corrected chi connectivity index (χ0v) is 13.7. The van der Waals surface area contributed by atoms with Crippen molar-refractivity contribution in [2.75, 3.05) is 19.8 Å². The Kier molecular flexibility index (Phi) is 7.53. The topological polar surface area (TPSA) is 47.9 Å². The van der Waals surface area contributed by atoms with Gasteiger partial charge in [-0.1, -0.05) is 19.3 Å². The van der Waals surface area contributed by atoms with Crippen LogP contribution in [0.3, 0.4) is 0 Å². The number of rotatable bonds is 9. The molecule has 1 aliphatic rings. The van der Waals surface area contributed by atoms with E-state index in [9.17, 15) is 5.11 Å². The lowest BCUT2D eigenvalue weighted by Crippen LogP contribution is -2.48. The van der Waals surface area contributed by atoms with Crippen LogP contribution >= 0.6 is 0 Å². The molecule has 1 aliphatic carbocycles. The molecule has 0 saturated heterocycles. The first-order valence-corrected chi connectivity index (χ1v) is 9.67. The largest absolute Gasteiger partial charge is 0.501 e. The minimum absolute atomic E-state index is 0.526. The van der Waals surface area contributed by atoms with Gasteiger partial charge in [0.25, 0.3) is 0 Å². The van der Waals surface area contributed by atoms with Crippen LogP contribution in [-0.2, 0) is 13.3 Å². The smallest absolute Gasteiger partial charge is 0.390 e. The first kappa shape index (κ1) is 17.1. The van der Waals surface area contributed by atoms with E-state index in [0.29, 0.717) is 19.8 Å². The second-order valence-corrected chi connectivity index (χ2v) is 8.00. The molecule has 0 amide bonds. The predicted molar refractivity (Wildman–Crippen MR) is 78.1 cm³/mol. The zero-order valence-electron chi connectivity index (χ0n) is 12.7. The lowest BCUT2D eigenvalue weighted by molar-refractivity contribution is -0.00779. The van der Waals surface area contributed by atoms with Gasteiger partial charge in [-0.15, -0.1) is 0 Å². The van der Waals surface area contributed by atoms with Crippen molar-refractivity contribution in [3.63, 3.8) is 0 Å². The van der Waals surface area contributed by atoms with Gasteiger partial charge >= 0.3 is 8.80 Å². The minimum atomic E-state index is -2.59. The summed E-state index contributed by atoms with van der Waals surface area (Å²) in [6.07, 6.45) is 6.04. The SMILES string of the molecule is CCO[Si](CCC1(O)CCCCC1)(OCC)OCC. The molecule has 5 heteroatoms. The third kappa shape index (κ3) is 5.51. The van der Waals surface area contributed by atoms with Gasteiger partial charge in [0.05, 0.1) is 5.60 Å². The van der Waals surface area contributed by atoms with Crippen molar-refractivity contribution in [3.05, 3.63) is 0 Å². The number of hydrogen-bond acceptors (Lipinski definition) is 4. The van der Waals surface area contributed by atoms with Crippen molar-refractivity contribution in [2.45, 2.75) is 70.9 Å². The van der Waals surface area contributed by atoms with Gasteiger partial charge in [-0.3, -0.25) is 0 Å². The van der Waals surface area contributed by atoms with E-state index >= 15 is 0 Å². The van der Waals surface area contributed by atoms with Crippen molar-refractivity contribution >= 4 is 8.80 Å². The van der Waals surface area contributed by atoms with Gasteiger partial charge in [-0.2, -0.15) is 0 Å². The first-order chi connectivity index (χ1) is 9.10. The second-order valence-electron chi connectivity index (χ2n) is 5.27. The van der Waals surface area contributed by atoms with Crippen molar-refractivity contribution in [1.29, 1.82) is 0 Å². The highest BCUT2D eigenvalue weighted by Crippen LogP contribution is 2.34. The molecule has 0 unspecified atom stereocenters. The highest BCUT2D eigenvalue weighted by molar-refractivity contribution is 6.60. The average molecular weight is 290 g/mol. The molecule has 1 fully saturated rings. The Bertz CT molecular complexity index is 225. The first-order valence-electron chi connectivity index (χ1n) is 7.74. The Hall–Kier alpha value is 0.0569. The molecule has 0 radical (unpaired) electrons. The molecule has 0 bridgehead atoms. The summed E-state index contributed by atoms with van der Waals surface area (Å²) in [5.74, 6) is 0. The van der Waals surface area contributed by atoms with Crippen LogP contribution in [-0.4, -0.2) is 39.3 Å². The Labute approximate surface area is 118 Å². The van der Waals surface area contributed by atoms with Gasteiger partial charge in [-0.05, 0) is 40.0 Å².